The third-order valence-electron chi connectivity index (χ3n) is 4.48. The lowest BCUT2D eigenvalue weighted by molar-refractivity contribution is 0.152. The van der Waals surface area contributed by atoms with Crippen molar-refractivity contribution in [3.8, 4) is 5.82 Å². The minimum atomic E-state index is -0.496. The predicted molar refractivity (Wildman–Crippen MR) is 85.0 cm³/mol. The number of nitrogens with zero attached hydrogens (tertiary/aromatic N) is 4. The van der Waals surface area contributed by atoms with Gasteiger partial charge in [-0.2, -0.15) is 0 Å². The van der Waals surface area contributed by atoms with Gasteiger partial charge in [-0.25, -0.2) is 14.3 Å². The average Bonchev–Trinajstić information content (AvgIpc) is 2.92. The van der Waals surface area contributed by atoms with E-state index in [0.29, 0.717) is 17.2 Å². The summed E-state index contributed by atoms with van der Waals surface area (Å²) in [4.78, 5) is 29.9. The molecular formula is C16H17N5O2. The van der Waals surface area contributed by atoms with Gasteiger partial charge < -0.3 is 0 Å². The Morgan fingerprint density at radius 3 is 2.74 bits per heavy atom. The SMILES string of the molecule is CC1(C)CC(c2cc(-n3ccc(=O)[nH]c3=O)nn3ccnc23)C1. The van der Waals surface area contributed by atoms with Crippen LogP contribution in [0.3, 0.4) is 0 Å². The highest BCUT2D eigenvalue weighted by molar-refractivity contribution is 5.52. The molecule has 0 spiro atoms. The van der Waals surface area contributed by atoms with E-state index in [1.54, 1.807) is 16.9 Å². The van der Waals surface area contributed by atoms with Crippen molar-refractivity contribution in [2.24, 2.45) is 5.41 Å². The van der Waals surface area contributed by atoms with Crippen molar-refractivity contribution >= 4 is 5.65 Å². The summed E-state index contributed by atoms with van der Waals surface area (Å²) in [6.45, 7) is 4.50. The van der Waals surface area contributed by atoms with Gasteiger partial charge in [-0.05, 0) is 30.2 Å². The van der Waals surface area contributed by atoms with Crippen LogP contribution in [0.1, 0.15) is 38.2 Å². The fourth-order valence-corrected chi connectivity index (χ4v) is 3.44. The van der Waals surface area contributed by atoms with Crippen molar-refractivity contribution in [2.75, 3.05) is 0 Å². The van der Waals surface area contributed by atoms with Crippen LogP contribution in [-0.2, 0) is 0 Å². The second-order valence-corrected chi connectivity index (χ2v) is 6.90. The number of nitrogens with one attached hydrogen (secondary N) is 1. The van der Waals surface area contributed by atoms with E-state index in [2.05, 4.69) is 28.9 Å². The van der Waals surface area contributed by atoms with Gasteiger partial charge in [0.25, 0.3) is 5.56 Å². The molecular weight excluding hydrogens is 294 g/mol. The van der Waals surface area contributed by atoms with Gasteiger partial charge in [0.05, 0.1) is 0 Å². The number of aromatic amines is 1. The molecule has 3 aromatic rings. The maximum Gasteiger partial charge on any atom is 0.334 e. The zero-order valence-corrected chi connectivity index (χ0v) is 13.0. The quantitative estimate of drug-likeness (QED) is 0.776. The molecule has 0 amide bonds. The first kappa shape index (κ1) is 13.9. The Labute approximate surface area is 131 Å². The largest absolute Gasteiger partial charge is 0.334 e. The molecule has 1 saturated carbocycles. The van der Waals surface area contributed by atoms with E-state index in [9.17, 15) is 9.59 Å². The highest BCUT2D eigenvalue weighted by Gasteiger charge is 2.38. The third-order valence-corrected chi connectivity index (χ3v) is 4.48. The molecule has 0 bridgehead atoms. The molecule has 7 nitrogen and oxygen atoms in total. The third kappa shape index (κ3) is 2.28. The fraction of sp³-hybridized carbons (Fsp3) is 0.375. The van der Waals surface area contributed by atoms with E-state index >= 15 is 0 Å². The van der Waals surface area contributed by atoms with Crippen molar-refractivity contribution in [3.05, 3.63) is 57.1 Å². The Hall–Kier alpha value is -2.70. The Kier molecular flexibility index (Phi) is 2.81. The summed E-state index contributed by atoms with van der Waals surface area (Å²) in [7, 11) is 0. The molecule has 0 radical (unpaired) electrons. The van der Waals surface area contributed by atoms with Gasteiger partial charge in [0, 0.05) is 30.2 Å². The first-order chi connectivity index (χ1) is 10.9. The van der Waals surface area contributed by atoms with Gasteiger partial charge in [-0.3, -0.25) is 14.3 Å². The maximum absolute atomic E-state index is 12.0. The smallest absolute Gasteiger partial charge is 0.274 e. The Morgan fingerprint density at radius 2 is 2.04 bits per heavy atom. The molecule has 7 heteroatoms. The van der Waals surface area contributed by atoms with Crippen LogP contribution in [-0.4, -0.2) is 24.1 Å². The fourth-order valence-electron chi connectivity index (χ4n) is 3.44. The first-order valence-corrected chi connectivity index (χ1v) is 7.60. The van der Waals surface area contributed by atoms with E-state index in [1.807, 2.05) is 6.07 Å². The Morgan fingerprint density at radius 1 is 1.26 bits per heavy atom. The second kappa shape index (κ2) is 4.65. The molecule has 1 aliphatic rings. The highest BCUT2D eigenvalue weighted by Crippen LogP contribution is 2.51. The van der Waals surface area contributed by atoms with Crippen molar-refractivity contribution in [1.29, 1.82) is 0 Å². The summed E-state index contributed by atoms with van der Waals surface area (Å²) < 4.78 is 3.03. The number of rotatable bonds is 2. The zero-order chi connectivity index (χ0) is 16.2. The van der Waals surface area contributed by atoms with Crippen LogP contribution in [0.25, 0.3) is 11.5 Å². The standard InChI is InChI=1S/C16H17N5O2/c1-16(2)8-10(9-16)11-7-12(19-21-6-4-17-14(11)21)20-5-3-13(22)18-15(20)23/h3-7,10H,8-9H2,1-2H3,(H,18,22,23). The molecule has 0 aliphatic heterocycles. The van der Waals surface area contributed by atoms with Crippen LogP contribution >= 0.6 is 0 Å². The normalized spacial score (nSPS) is 17.3. The Bertz CT molecular complexity index is 1000. The van der Waals surface area contributed by atoms with Crippen LogP contribution in [0, 0.1) is 5.41 Å². The summed E-state index contributed by atoms with van der Waals surface area (Å²) in [5, 5.41) is 4.43. The summed E-state index contributed by atoms with van der Waals surface area (Å²) in [5.74, 6) is 0.895. The summed E-state index contributed by atoms with van der Waals surface area (Å²) in [6.07, 6.45) is 7.08. The summed E-state index contributed by atoms with van der Waals surface area (Å²) in [6, 6.07) is 3.22. The molecule has 23 heavy (non-hydrogen) atoms. The lowest BCUT2D eigenvalue weighted by Crippen LogP contribution is -2.31. The van der Waals surface area contributed by atoms with Crippen LogP contribution in [0.5, 0.6) is 0 Å². The molecule has 4 rings (SSSR count). The first-order valence-electron chi connectivity index (χ1n) is 7.60. The highest BCUT2D eigenvalue weighted by atomic mass is 16.2. The van der Waals surface area contributed by atoms with E-state index in [-0.39, 0.29) is 0 Å². The van der Waals surface area contributed by atoms with Crippen LogP contribution in [0.2, 0.25) is 0 Å². The van der Waals surface area contributed by atoms with Gasteiger partial charge >= 0.3 is 5.69 Å². The van der Waals surface area contributed by atoms with E-state index in [1.165, 1.54) is 16.8 Å². The van der Waals surface area contributed by atoms with Crippen molar-refractivity contribution in [1.82, 2.24) is 24.1 Å². The van der Waals surface area contributed by atoms with E-state index in [4.69, 9.17) is 0 Å². The number of hydrogen-bond acceptors (Lipinski definition) is 4. The predicted octanol–water partition coefficient (Wildman–Crippen LogP) is 1.47. The van der Waals surface area contributed by atoms with E-state index in [0.717, 1.165) is 24.1 Å². The molecule has 1 N–H and O–H groups in total. The van der Waals surface area contributed by atoms with Crippen molar-refractivity contribution in [2.45, 2.75) is 32.6 Å². The monoisotopic (exact) mass is 311 g/mol. The number of aromatic nitrogens is 5. The molecule has 1 fully saturated rings. The molecule has 118 valence electrons. The molecule has 3 aromatic heterocycles. The lowest BCUT2D eigenvalue weighted by atomic mass is 9.62. The van der Waals surface area contributed by atoms with Crippen LogP contribution < -0.4 is 11.2 Å². The minimum absolute atomic E-state index is 0.340. The molecule has 1 aliphatic carbocycles. The molecule has 3 heterocycles. The summed E-state index contributed by atoms with van der Waals surface area (Å²) >= 11 is 0. The van der Waals surface area contributed by atoms with Gasteiger partial charge in [0.2, 0.25) is 0 Å². The number of hydrogen-bond donors (Lipinski definition) is 1. The Balaban J connectivity index is 1.88. The van der Waals surface area contributed by atoms with E-state index < -0.39 is 11.2 Å². The average molecular weight is 311 g/mol. The molecule has 0 saturated heterocycles. The van der Waals surface area contributed by atoms with Gasteiger partial charge in [0.15, 0.2) is 11.5 Å². The molecule has 0 aromatic carbocycles. The number of imidazole rings is 1. The van der Waals surface area contributed by atoms with Crippen LogP contribution in [0.4, 0.5) is 0 Å². The van der Waals surface area contributed by atoms with Crippen molar-refractivity contribution < 1.29 is 0 Å². The number of fused-ring (bicyclic) bond motifs is 1. The number of H-pyrrole nitrogens is 1. The minimum Gasteiger partial charge on any atom is -0.274 e. The molecule has 0 unspecified atom stereocenters. The van der Waals surface area contributed by atoms with Gasteiger partial charge in [0.1, 0.15) is 0 Å². The maximum atomic E-state index is 12.0. The summed E-state index contributed by atoms with van der Waals surface area (Å²) in [5.41, 5.74) is 1.34. The van der Waals surface area contributed by atoms with Gasteiger partial charge in [-0.15, -0.1) is 5.10 Å². The lowest BCUT2D eigenvalue weighted by Gasteiger charge is -2.42. The van der Waals surface area contributed by atoms with Crippen LogP contribution in [0.15, 0.2) is 40.3 Å². The topological polar surface area (TPSA) is 85.0 Å². The molecule has 0 atom stereocenters. The van der Waals surface area contributed by atoms with Gasteiger partial charge in [-0.1, -0.05) is 13.8 Å². The zero-order valence-electron chi connectivity index (χ0n) is 13.0. The second-order valence-electron chi connectivity index (χ2n) is 6.90. The van der Waals surface area contributed by atoms with Crippen molar-refractivity contribution in [3.63, 3.8) is 0 Å².